The van der Waals surface area contributed by atoms with Crippen molar-refractivity contribution >= 4 is 47.2 Å². The number of amides is 1. The van der Waals surface area contributed by atoms with E-state index in [0.29, 0.717) is 12.5 Å². The van der Waals surface area contributed by atoms with E-state index >= 15 is 0 Å². The molecule has 4 N–H and O–H groups in total. The first-order chi connectivity index (χ1) is 13.1. The van der Waals surface area contributed by atoms with Crippen molar-refractivity contribution in [3.05, 3.63) is 54.1 Å². The topological polar surface area (TPSA) is 88.7 Å². The molecule has 0 radical (unpaired) electrons. The van der Waals surface area contributed by atoms with Crippen LogP contribution in [0.15, 0.2) is 53.5 Å². The first-order valence-corrected chi connectivity index (χ1v) is 9.25. The molecule has 0 atom stereocenters. The van der Waals surface area contributed by atoms with Crippen LogP contribution >= 0.6 is 24.0 Å². The minimum atomic E-state index is 0. The van der Waals surface area contributed by atoms with E-state index in [-0.39, 0.29) is 35.8 Å². The SMILES string of the molecule is COc1cccc(NC(N)=NCc2cccc(NC(=O)C3CCCC3)c2)c1.I. The maximum Gasteiger partial charge on any atom is 0.227 e. The number of carbonyl (C=O) groups excluding carboxylic acids is 1. The lowest BCUT2D eigenvalue weighted by Crippen LogP contribution is -2.22. The molecule has 7 heteroatoms. The Morgan fingerprint density at radius 2 is 1.79 bits per heavy atom. The fourth-order valence-electron chi connectivity index (χ4n) is 3.24. The monoisotopic (exact) mass is 494 g/mol. The molecule has 1 aliphatic rings. The van der Waals surface area contributed by atoms with Crippen LogP contribution in [0.4, 0.5) is 11.4 Å². The average molecular weight is 494 g/mol. The zero-order chi connectivity index (χ0) is 19.1. The van der Waals surface area contributed by atoms with E-state index in [1.54, 1.807) is 7.11 Å². The highest BCUT2D eigenvalue weighted by Crippen LogP contribution is 2.26. The summed E-state index contributed by atoms with van der Waals surface area (Å²) in [6.45, 7) is 0.427. The Labute approximate surface area is 183 Å². The molecule has 0 saturated heterocycles. The van der Waals surface area contributed by atoms with E-state index in [1.165, 1.54) is 0 Å². The third-order valence-electron chi connectivity index (χ3n) is 4.69. The Hall–Kier alpha value is -2.29. The Morgan fingerprint density at radius 1 is 1.11 bits per heavy atom. The summed E-state index contributed by atoms with van der Waals surface area (Å²) in [7, 11) is 1.62. The number of nitrogens with zero attached hydrogens (tertiary/aromatic N) is 1. The summed E-state index contributed by atoms with van der Waals surface area (Å²) in [6.07, 6.45) is 4.27. The zero-order valence-corrected chi connectivity index (χ0v) is 18.3. The van der Waals surface area contributed by atoms with Gasteiger partial charge in [-0.1, -0.05) is 31.0 Å². The maximum absolute atomic E-state index is 12.3. The van der Waals surface area contributed by atoms with Crippen molar-refractivity contribution < 1.29 is 9.53 Å². The van der Waals surface area contributed by atoms with Gasteiger partial charge in [-0.3, -0.25) is 4.79 Å². The van der Waals surface area contributed by atoms with Crippen molar-refractivity contribution in [2.24, 2.45) is 16.6 Å². The Kier molecular flexibility index (Phi) is 8.56. The number of methoxy groups -OCH3 is 1. The van der Waals surface area contributed by atoms with Gasteiger partial charge in [0.2, 0.25) is 5.91 Å². The predicted molar refractivity (Wildman–Crippen MR) is 124 cm³/mol. The standard InChI is InChI=1S/C21H26N4O2.HI/c1-27-19-11-5-10-18(13-19)25-21(22)23-14-15-6-4-9-17(12-15)24-20(26)16-7-2-3-8-16;/h4-6,9-13,16H,2-3,7-8,14H2,1H3,(H,24,26)(H3,22,23,25);1H. The van der Waals surface area contributed by atoms with Crippen LogP contribution in [0, 0.1) is 5.92 Å². The molecule has 2 aromatic rings. The lowest BCUT2D eigenvalue weighted by atomic mass is 10.1. The molecule has 1 amide bonds. The van der Waals surface area contributed by atoms with E-state index in [2.05, 4.69) is 15.6 Å². The Morgan fingerprint density at radius 3 is 2.50 bits per heavy atom. The fraction of sp³-hybridized carbons (Fsp3) is 0.333. The van der Waals surface area contributed by atoms with Crippen molar-refractivity contribution in [2.75, 3.05) is 17.7 Å². The van der Waals surface area contributed by atoms with Gasteiger partial charge in [0.15, 0.2) is 5.96 Å². The smallest absolute Gasteiger partial charge is 0.227 e. The summed E-state index contributed by atoms with van der Waals surface area (Å²) in [4.78, 5) is 16.6. The van der Waals surface area contributed by atoms with Gasteiger partial charge in [-0.15, -0.1) is 24.0 Å². The van der Waals surface area contributed by atoms with E-state index in [4.69, 9.17) is 10.5 Å². The normalized spacial score (nSPS) is 14.2. The van der Waals surface area contributed by atoms with Crippen LogP contribution in [-0.4, -0.2) is 19.0 Å². The minimum Gasteiger partial charge on any atom is -0.497 e. The molecule has 6 nitrogen and oxygen atoms in total. The van der Waals surface area contributed by atoms with Crippen molar-refractivity contribution in [2.45, 2.75) is 32.2 Å². The number of guanidine groups is 1. The van der Waals surface area contributed by atoms with Gasteiger partial charge in [0, 0.05) is 23.4 Å². The lowest BCUT2D eigenvalue weighted by molar-refractivity contribution is -0.119. The molecular weight excluding hydrogens is 467 g/mol. The molecule has 0 aromatic heterocycles. The zero-order valence-electron chi connectivity index (χ0n) is 16.0. The van der Waals surface area contributed by atoms with Crippen LogP contribution in [0.5, 0.6) is 5.75 Å². The van der Waals surface area contributed by atoms with Gasteiger partial charge in [-0.05, 0) is 42.7 Å². The molecule has 0 spiro atoms. The summed E-state index contributed by atoms with van der Waals surface area (Å²) in [5, 5.41) is 6.06. The highest BCUT2D eigenvalue weighted by Gasteiger charge is 2.22. The highest BCUT2D eigenvalue weighted by atomic mass is 127. The number of nitrogens with one attached hydrogen (secondary N) is 2. The minimum absolute atomic E-state index is 0. The summed E-state index contributed by atoms with van der Waals surface area (Å²) in [5.74, 6) is 1.34. The molecule has 150 valence electrons. The van der Waals surface area contributed by atoms with Crippen LogP contribution in [-0.2, 0) is 11.3 Å². The molecule has 1 saturated carbocycles. The first-order valence-electron chi connectivity index (χ1n) is 9.25. The van der Waals surface area contributed by atoms with Gasteiger partial charge in [0.1, 0.15) is 5.75 Å². The molecule has 0 unspecified atom stereocenters. The molecule has 2 aromatic carbocycles. The highest BCUT2D eigenvalue weighted by molar-refractivity contribution is 14.0. The van der Waals surface area contributed by atoms with Gasteiger partial charge in [0.25, 0.3) is 0 Å². The summed E-state index contributed by atoms with van der Waals surface area (Å²) >= 11 is 0. The number of carbonyl (C=O) groups is 1. The number of benzene rings is 2. The van der Waals surface area contributed by atoms with Crippen LogP contribution in [0.1, 0.15) is 31.2 Å². The largest absolute Gasteiger partial charge is 0.497 e. The Bertz CT molecular complexity index is 820. The molecule has 0 aliphatic heterocycles. The number of aliphatic imine (C=N–C) groups is 1. The molecule has 3 rings (SSSR count). The first kappa shape index (κ1) is 22.0. The number of anilines is 2. The summed E-state index contributed by atoms with van der Waals surface area (Å²) in [6, 6.07) is 15.2. The van der Waals surface area contributed by atoms with Crippen molar-refractivity contribution in [1.82, 2.24) is 0 Å². The number of nitrogens with two attached hydrogens (primary N) is 1. The van der Waals surface area contributed by atoms with E-state index in [9.17, 15) is 4.79 Å². The van der Waals surface area contributed by atoms with Gasteiger partial charge in [-0.25, -0.2) is 4.99 Å². The van der Waals surface area contributed by atoms with Crippen LogP contribution in [0.25, 0.3) is 0 Å². The second-order valence-corrected chi connectivity index (χ2v) is 6.73. The van der Waals surface area contributed by atoms with E-state index in [0.717, 1.165) is 48.4 Å². The third-order valence-corrected chi connectivity index (χ3v) is 4.69. The molecular formula is C21H27IN4O2. The van der Waals surface area contributed by atoms with Gasteiger partial charge < -0.3 is 21.1 Å². The van der Waals surface area contributed by atoms with Crippen molar-refractivity contribution in [1.29, 1.82) is 0 Å². The maximum atomic E-state index is 12.3. The number of ether oxygens (including phenoxy) is 1. The number of rotatable bonds is 6. The van der Waals surface area contributed by atoms with Gasteiger partial charge in [0.05, 0.1) is 13.7 Å². The quantitative estimate of drug-likeness (QED) is 0.316. The van der Waals surface area contributed by atoms with Crippen LogP contribution in [0.2, 0.25) is 0 Å². The number of halogens is 1. The third kappa shape index (κ3) is 6.40. The van der Waals surface area contributed by atoms with Crippen LogP contribution < -0.4 is 21.1 Å². The lowest BCUT2D eigenvalue weighted by Gasteiger charge is -2.11. The molecule has 1 aliphatic carbocycles. The van der Waals surface area contributed by atoms with E-state index < -0.39 is 0 Å². The van der Waals surface area contributed by atoms with E-state index in [1.807, 2.05) is 48.5 Å². The second kappa shape index (κ2) is 10.9. The molecule has 28 heavy (non-hydrogen) atoms. The summed E-state index contributed by atoms with van der Waals surface area (Å²) in [5.41, 5.74) is 8.57. The van der Waals surface area contributed by atoms with Crippen LogP contribution in [0.3, 0.4) is 0 Å². The number of hydrogen-bond acceptors (Lipinski definition) is 3. The predicted octanol–water partition coefficient (Wildman–Crippen LogP) is 4.37. The summed E-state index contributed by atoms with van der Waals surface area (Å²) < 4.78 is 5.19. The van der Waals surface area contributed by atoms with Crippen molar-refractivity contribution in [3.8, 4) is 5.75 Å². The molecule has 0 bridgehead atoms. The van der Waals surface area contributed by atoms with Gasteiger partial charge >= 0.3 is 0 Å². The van der Waals surface area contributed by atoms with Gasteiger partial charge in [-0.2, -0.15) is 0 Å². The molecule has 1 fully saturated rings. The molecule has 0 heterocycles. The Balaban J connectivity index is 0.00000280. The average Bonchev–Trinajstić information content (AvgIpc) is 3.22. The fourth-order valence-corrected chi connectivity index (χ4v) is 3.24. The van der Waals surface area contributed by atoms with Crippen molar-refractivity contribution in [3.63, 3.8) is 0 Å². The number of hydrogen-bond donors (Lipinski definition) is 3. The second-order valence-electron chi connectivity index (χ2n) is 6.73.